The van der Waals surface area contributed by atoms with Gasteiger partial charge in [-0.15, -0.1) is 0 Å². The number of benzene rings is 1. The SMILES string of the molecule is Cc1ccc(-c2n[nH]c(=S)n2CC(=O)N(C)Cc2ccncc2)cc1. The molecule has 0 saturated heterocycles. The summed E-state index contributed by atoms with van der Waals surface area (Å²) in [4.78, 5) is 18.3. The number of carbonyl (C=O) groups is 1. The fraction of sp³-hybridized carbons (Fsp3) is 0.222. The van der Waals surface area contributed by atoms with Crippen LogP contribution in [-0.2, 0) is 17.9 Å². The van der Waals surface area contributed by atoms with E-state index in [1.165, 1.54) is 0 Å². The molecule has 0 saturated carbocycles. The van der Waals surface area contributed by atoms with Crippen LogP contribution in [0.1, 0.15) is 11.1 Å². The molecule has 2 heterocycles. The van der Waals surface area contributed by atoms with Crippen molar-refractivity contribution in [3.05, 3.63) is 64.7 Å². The van der Waals surface area contributed by atoms with Crippen molar-refractivity contribution in [3.63, 3.8) is 0 Å². The lowest BCUT2D eigenvalue weighted by Crippen LogP contribution is -2.30. The Morgan fingerprint density at radius 3 is 2.56 bits per heavy atom. The third-order valence-corrected chi connectivity index (χ3v) is 4.27. The number of hydrogen-bond donors (Lipinski definition) is 1. The Labute approximate surface area is 151 Å². The van der Waals surface area contributed by atoms with E-state index in [4.69, 9.17) is 12.2 Å². The molecule has 3 rings (SSSR count). The van der Waals surface area contributed by atoms with Gasteiger partial charge in [-0.25, -0.2) is 0 Å². The van der Waals surface area contributed by atoms with Crippen molar-refractivity contribution in [3.8, 4) is 11.4 Å². The summed E-state index contributed by atoms with van der Waals surface area (Å²) in [5.41, 5.74) is 3.11. The van der Waals surface area contributed by atoms with Crippen molar-refractivity contribution in [2.24, 2.45) is 0 Å². The topological polar surface area (TPSA) is 66.8 Å². The Kier molecular flexibility index (Phi) is 5.04. The van der Waals surface area contributed by atoms with Gasteiger partial charge in [0.1, 0.15) is 6.54 Å². The zero-order chi connectivity index (χ0) is 17.8. The largest absolute Gasteiger partial charge is 0.340 e. The molecular formula is C18H19N5OS. The van der Waals surface area contributed by atoms with E-state index in [9.17, 15) is 4.79 Å². The number of aromatic amines is 1. The molecule has 0 spiro atoms. The van der Waals surface area contributed by atoms with E-state index >= 15 is 0 Å². The lowest BCUT2D eigenvalue weighted by molar-refractivity contribution is -0.131. The van der Waals surface area contributed by atoms with Crippen molar-refractivity contribution in [1.82, 2.24) is 24.6 Å². The first-order valence-electron chi connectivity index (χ1n) is 7.89. The summed E-state index contributed by atoms with van der Waals surface area (Å²) in [5, 5.41) is 7.06. The molecule has 128 valence electrons. The lowest BCUT2D eigenvalue weighted by Gasteiger charge is -2.18. The predicted octanol–water partition coefficient (Wildman–Crippen LogP) is 2.97. The number of pyridine rings is 1. The zero-order valence-electron chi connectivity index (χ0n) is 14.1. The van der Waals surface area contributed by atoms with Crippen molar-refractivity contribution >= 4 is 18.1 Å². The van der Waals surface area contributed by atoms with E-state index < -0.39 is 0 Å². The van der Waals surface area contributed by atoms with Crippen LogP contribution in [0.2, 0.25) is 0 Å². The Bertz CT molecular complexity index is 915. The molecule has 7 heteroatoms. The summed E-state index contributed by atoms with van der Waals surface area (Å²) >= 11 is 5.30. The average molecular weight is 353 g/mol. The first kappa shape index (κ1) is 17.0. The normalized spacial score (nSPS) is 10.6. The third kappa shape index (κ3) is 4.00. The monoisotopic (exact) mass is 353 g/mol. The number of amides is 1. The van der Waals surface area contributed by atoms with Crippen LogP contribution in [0.3, 0.4) is 0 Å². The van der Waals surface area contributed by atoms with Gasteiger partial charge >= 0.3 is 0 Å². The minimum Gasteiger partial charge on any atom is -0.340 e. The van der Waals surface area contributed by atoms with Crippen molar-refractivity contribution in [2.75, 3.05) is 7.05 Å². The highest BCUT2D eigenvalue weighted by Gasteiger charge is 2.15. The minimum absolute atomic E-state index is 0.0392. The van der Waals surface area contributed by atoms with Gasteiger partial charge in [0.05, 0.1) is 0 Å². The first-order chi connectivity index (χ1) is 12.0. The van der Waals surface area contributed by atoms with Crippen LogP contribution < -0.4 is 0 Å². The molecule has 0 fully saturated rings. The molecule has 0 aliphatic rings. The molecule has 0 unspecified atom stereocenters. The standard InChI is InChI=1S/C18H19N5OS/c1-13-3-5-15(6-4-13)17-20-21-18(25)23(17)12-16(24)22(2)11-14-7-9-19-10-8-14/h3-10H,11-12H2,1-2H3,(H,21,25). The van der Waals surface area contributed by atoms with Gasteiger partial charge < -0.3 is 4.90 Å². The second kappa shape index (κ2) is 7.40. The van der Waals surface area contributed by atoms with Crippen LogP contribution in [0.5, 0.6) is 0 Å². The molecule has 3 aromatic rings. The zero-order valence-corrected chi connectivity index (χ0v) is 15.0. The number of carbonyl (C=O) groups excluding carboxylic acids is 1. The number of rotatable bonds is 5. The number of H-pyrrole nitrogens is 1. The van der Waals surface area contributed by atoms with E-state index in [1.807, 2.05) is 43.3 Å². The van der Waals surface area contributed by atoms with Crippen LogP contribution in [0.15, 0.2) is 48.8 Å². The van der Waals surface area contributed by atoms with Crippen molar-refractivity contribution in [2.45, 2.75) is 20.0 Å². The van der Waals surface area contributed by atoms with E-state index in [1.54, 1.807) is 28.9 Å². The van der Waals surface area contributed by atoms with Gasteiger partial charge in [-0.1, -0.05) is 29.8 Å². The molecule has 0 aliphatic heterocycles. The van der Waals surface area contributed by atoms with E-state index in [0.29, 0.717) is 17.1 Å². The molecule has 2 aromatic heterocycles. The molecular weight excluding hydrogens is 334 g/mol. The number of likely N-dealkylation sites (N-methyl/N-ethyl adjacent to an activating group) is 1. The van der Waals surface area contributed by atoms with Crippen LogP contribution in [0.25, 0.3) is 11.4 Å². The summed E-state index contributed by atoms with van der Waals surface area (Å²) in [7, 11) is 1.78. The van der Waals surface area contributed by atoms with Crippen LogP contribution in [-0.4, -0.2) is 37.6 Å². The smallest absolute Gasteiger partial charge is 0.242 e. The fourth-order valence-corrected chi connectivity index (χ4v) is 2.69. The molecule has 1 aromatic carbocycles. The molecule has 0 atom stereocenters. The van der Waals surface area contributed by atoms with Gasteiger partial charge in [0.15, 0.2) is 10.6 Å². The van der Waals surface area contributed by atoms with Crippen LogP contribution in [0.4, 0.5) is 0 Å². The van der Waals surface area contributed by atoms with Crippen LogP contribution in [0, 0.1) is 11.7 Å². The molecule has 6 nitrogen and oxygen atoms in total. The molecule has 1 amide bonds. The maximum absolute atomic E-state index is 12.6. The lowest BCUT2D eigenvalue weighted by atomic mass is 10.1. The predicted molar refractivity (Wildman–Crippen MR) is 98.3 cm³/mol. The second-order valence-corrected chi connectivity index (χ2v) is 6.30. The third-order valence-electron chi connectivity index (χ3n) is 3.96. The maximum atomic E-state index is 12.6. The maximum Gasteiger partial charge on any atom is 0.242 e. The summed E-state index contributed by atoms with van der Waals surface area (Å²) in [6.07, 6.45) is 3.44. The van der Waals surface area contributed by atoms with Gasteiger partial charge in [-0.3, -0.25) is 19.4 Å². The summed E-state index contributed by atoms with van der Waals surface area (Å²) in [5.74, 6) is 0.623. The molecule has 0 radical (unpaired) electrons. The Morgan fingerprint density at radius 1 is 1.20 bits per heavy atom. The first-order valence-corrected chi connectivity index (χ1v) is 8.30. The highest BCUT2D eigenvalue weighted by molar-refractivity contribution is 7.71. The van der Waals surface area contributed by atoms with Gasteiger partial charge in [0.25, 0.3) is 0 Å². The summed E-state index contributed by atoms with van der Waals surface area (Å²) in [6.45, 7) is 2.69. The molecule has 0 bridgehead atoms. The second-order valence-electron chi connectivity index (χ2n) is 5.91. The van der Waals surface area contributed by atoms with Gasteiger partial charge in [0, 0.05) is 31.5 Å². The number of nitrogens with zero attached hydrogens (tertiary/aromatic N) is 4. The van der Waals surface area contributed by atoms with Gasteiger partial charge in [0.2, 0.25) is 5.91 Å². The number of aryl methyl sites for hydroxylation is 1. The average Bonchev–Trinajstić information content (AvgIpc) is 2.97. The Morgan fingerprint density at radius 2 is 1.88 bits per heavy atom. The van der Waals surface area contributed by atoms with Crippen LogP contribution >= 0.6 is 12.2 Å². The highest BCUT2D eigenvalue weighted by atomic mass is 32.1. The fourth-order valence-electron chi connectivity index (χ4n) is 2.49. The summed E-state index contributed by atoms with van der Waals surface area (Å²) in [6, 6.07) is 11.8. The molecule has 1 N–H and O–H groups in total. The molecule has 0 aliphatic carbocycles. The Hall–Kier alpha value is -2.80. The number of aromatic nitrogens is 4. The quantitative estimate of drug-likeness (QED) is 0.716. The van der Waals surface area contributed by atoms with Gasteiger partial charge in [-0.2, -0.15) is 5.10 Å². The highest BCUT2D eigenvalue weighted by Crippen LogP contribution is 2.18. The molecule has 25 heavy (non-hydrogen) atoms. The number of nitrogens with one attached hydrogen (secondary N) is 1. The Balaban J connectivity index is 1.78. The van der Waals surface area contributed by atoms with E-state index in [2.05, 4.69) is 15.2 Å². The van der Waals surface area contributed by atoms with Crippen molar-refractivity contribution in [1.29, 1.82) is 0 Å². The van der Waals surface area contributed by atoms with Gasteiger partial charge in [-0.05, 0) is 36.8 Å². The van der Waals surface area contributed by atoms with Crippen molar-refractivity contribution < 1.29 is 4.79 Å². The minimum atomic E-state index is -0.0392. The summed E-state index contributed by atoms with van der Waals surface area (Å²) < 4.78 is 2.16. The number of hydrogen-bond acceptors (Lipinski definition) is 4. The van der Waals surface area contributed by atoms with E-state index in [0.717, 1.165) is 16.7 Å². The van der Waals surface area contributed by atoms with E-state index in [-0.39, 0.29) is 12.5 Å².